The van der Waals surface area contributed by atoms with E-state index in [1.54, 1.807) is 13.8 Å². The van der Waals surface area contributed by atoms with E-state index in [9.17, 15) is 5.11 Å². The smallest absolute Gasteiger partial charge is 0.226 e. The average Bonchev–Trinajstić information content (AvgIpc) is 2.82. The van der Waals surface area contributed by atoms with Crippen molar-refractivity contribution in [1.82, 2.24) is 19.9 Å². The molecule has 2 aromatic heterocycles. The molecule has 0 aliphatic carbocycles. The number of nitrogens with one attached hydrogen (secondary N) is 1. The first-order chi connectivity index (χ1) is 9.45. The Labute approximate surface area is 121 Å². The van der Waals surface area contributed by atoms with Crippen molar-refractivity contribution < 1.29 is 9.84 Å². The van der Waals surface area contributed by atoms with Crippen molar-refractivity contribution >= 4 is 28.6 Å². The fourth-order valence-corrected chi connectivity index (χ4v) is 2.31. The minimum atomic E-state index is -1.07. The van der Waals surface area contributed by atoms with Crippen molar-refractivity contribution in [2.24, 2.45) is 0 Å². The number of rotatable bonds is 2. The molecule has 1 saturated heterocycles. The SMILES string of the molecule is CC(C)(O)c1nc2nc(Cl)nc(N3CCOCC3)c2[nH]1. The predicted molar refractivity (Wildman–Crippen MR) is 75.0 cm³/mol. The number of hydrogen-bond acceptors (Lipinski definition) is 6. The van der Waals surface area contributed by atoms with Crippen molar-refractivity contribution in [2.75, 3.05) is 31.2 Å². The van der Waals surface area contributed by atoms with Gasteiger partial charge in [0.2, 0.25) is 5.28 Å². The summed E-state index contributed by atoms with van der Waals surface area (Å²) in [6, 6.07) is 0. The highest BCUT2D eigenvalue weighted by Gasteiger charge is 2.25. The number of hydrogen-bond donors (Lipinski definition) is 2. The second-order valence-corrected chi connectivity index (χ2v) is 5.60. The summed E-state index contributed by atoms with van der Waals surface area (Å²) in [6.07, 6.45) is 0. The lowest BCUT2D eigenvalue weighted by molar-refractivity contribution is 0.0700. The van der Waals surface area contributed by atoms with Crippen molar-refractivity contribution in [3.63, 3.8) is 0 Å². The zero-order chi connectivity index (χ0) is 14.3. The molecular weight excluding hydrogens is 282 g/mol. The van der Waals surface area contributed by atoms with E-state index in [2.05, 4.69) is 24.8 Å². The lowest BCUT2D eigenvalue weighted by Gasteiger charge is -2.27. The molecule has 1 fully saturated rings. The van der Waals surface area contributed by atoms with Crippen LogP contribution in [0.25, 0.3) is 11.2 Å². The number of aromatic amines is 1. The van der Waals surface area contributed by atoms with E-state index in [4.69, 9.17) is 16.3 Å². The fourth-order valence-electron chi connectivity index (χ4n) is 2.15. The van der Waals surface area contributed by atoms with Crippen LogP contribution in [0, 0.1) is 0 Å². The van der Waals surface area contributed by atoms with E-state index in [1.807, 2.05) is 0 Å². The Morgan fingerprint density at radius 1 is 1.25 bits per heavy atom. The lowest BCUT2D eigenvalue weighted by Crippen LogP contribution is -2.37. The highest BCUT2D eigenvalue weighted by molar-refractivity contribution is 6.28. The molecule has 0 atom stereocenters. The van der Waals surface area contributed by atoms with Gasteiger partial charge in [0.25, 0.3) is 0 Å². The molecule has 0 bridgehead atoms. The molecular formula is C12H16ClN5O2. The zero-order valence-electron chi connectivity index (χ0n) is 11.4. The van der Waals surface area contributed by atoms with Crippen LogP contribution in [0.5, 0.6) is 0 Å². The maximum atomic E-state index is 10.1. The molecule has 8 heteroatoms. The maximum absolute atomic E-state index is 10.1. The number of anilines is 1. The van der Waals surface area contributed by atoms with Gasteiger partial charge in [-0.1, -0.05) is 0 Å². The summed E-state index contributed by atoms with van der Waals surface area (Å²) in [5, 5.41) is 10.2. The van der Waals surface area contributed by atoms with Gasteiger partial charge >= 0.3 is 0 Å². The van der Waals surface area contributed by atoms with Crippen LogP contribution >= 0.6 is 11.6 Å². The molecule has 0 unspecified atom stereocenters. The Balaban J connectivity index is 2.12. The highest BCUT2D eigenvalue weighted by Crippen LogP contribution is 2.27. The standard InChI is InChI=1S/C12H16ClN5O2/c1-12(2,19)10-14-7-8(15-10)16-11(13)17-9(7)18-3-5-20-6-4-18/h19H,3-6H2,1-2H3,(H,14,15,16,17). The Morgan fingerprint density at radius 2 is 1.95 bits per heavy atom. The number of imidazole rings is 1. The number of ether oxygens (including phenoxy) is 1. The van der Waals surface area contributed by atoms with Crippen LogP contribution in [0.2, 0.25) is 5.28 Å². The first-order valence-electron chi connectivity index (χ1n) is 6.44. The number of halogens is 1. The summed E-state index contributed by atoms with van der Waals surface area (Å²) in [4.78, 5) is 17.9. The quantitative estimate of drug-likeness (QED) is 0.806. The summed E-state index contributed by atoms with van der Waals surface area (Å²) >= 11 is 5.97. The third-order valence-electron chi connectivity index (χ3n) is 3.19. The van der Waals surface area contributed by atoms with Gasteiger partial charge in [-0.25, -0.2) is 4.98 Å². The van der Waals surface area contributed by atoms with Crippen LogP contribution in [-0.4, -0.2) is 51.3 Å². The monoisotopic (exact) mass is 297 g/mol. The summed E-state index contributed by atoms with van der Waals surface area (Å²) in [5.74, 6) is 1.14. The van der Waals surface area contributed by atoms with E-state index in [1.165, 1.54) is 0 Å². The van der Waals surface area contributed by atoms with Gasteiger partial charge in [0.1, 0.15) is 16.9 Å². The highest BCUT2D eigenvalue weighted by atomic mass is 35.5. The molecule has 0 amide bonds. The Hall–Kier alpha value is -1.44. The fraction of sp³-hybridized carbons (Fsp3) is 0.583. The van der Waals surface area contributed by atoms with E-state index in [0.29, 0.717) is 36.0 Å². The molecule has 0 aromatic carbocycles. The van der Waals surface area contributed by atoms with Gasteiger partial charge in [-0.05, 0) is 25.4 Å². The van der Waals surface area contributed by atoms with Gasteiger partial charge in [0, 0.05) is 13.1 Å². The molecule has 2 aromatic rings. The number of H-pyrrole nitrogens is 1. The van der Waals surface area contributed by atoms with E-state index < -0.39 is 5.60 Å². The third kappa shape index (κ3) is 2.44. The third-order valence-corrected chi connectivity index (χ3v) is 3.36. The molecule has 7 nitrogen and oxygen atoms in total. The van der Waals surface area contributed by atoms with Gasteiger partial charge in [-0.15, -0.1) is 0 Å². The molecule has 3 heterocycles. The van der Waals surface area contributed by atoms with E-state index >= 15 is 0 Å². The van der Waals surface area contributed by atoms with Crippen LogP contribution in [-0.2, 0) is 10.3 Å². The Morgan fingerprint density at radius 3 is 2.60 bits per heavy atom. The van der Waals surface area contributed by atoms with Crippen molar-refractivity contribution in [3.05, 3.63) is 11.1 Å². The minimum absolute atomic E-state index is 0.146. The first kappa shape index (κ1) is 13.5. The van der Waals surface area contributed by atoms with Gasteiger partial charge < -0.3 is 19.7 Å². The maximum Gasteiger partial charge on any atom is 0.226 e. The van der Waals surface area contributed by atoms with Gasteiger partial charge in [-0.2, -0.15) is 9.97 Å². The second kappa shape index (κ2) is 4.83. The second-order valence-electron chi connectivity index (χ2n) is 5.26. The van der Waals surface area contributed by atoms with Crippen molar-refractivity contribution in [2.45, 2.75) is 19.4 Å². The van der Waals surface area contributed by atoms with E-state index in [-0.39, 0.29) is 5.28 Å². The number of morpholine rings is 1. The van der Waals surface area contributed by atoms with Crippen LogP contribution in [0.15, 0.2) is 0 Å². The largest absolute Gasteiger partial charge is 0.383 e. The molecule has 3 rings (SSSR count). The van der Waals surface area contributed by atoms with Crippen LogP contribution in [0.1, 0.15) is 19.7 Å². The van der Waals surface area contributed by atoms with Crippen LogP contribution in [0.4, 0.5) is 5.82 Å². The summed E-state index contributed by atoms with van der Waals surface area (Å²) in [5.41, 5.74) is 0.0761. The van der Waals surface area contributed by atoms with Crippen molar-refractivity contribution in [3.8, 4) is 0 Å². The van der Waals surface area contributed by atoms with Crippen molar-refractivity contribution in [1.29, 1.82) is 0 Å². The molecule has 20 heavy (non-hydrogen) atoms. The molecule has 1 aliphatic heterocycles. The molecule has 1 aliphatic rings. The molecule has 0 spiro atoms. The van der Waals surface area contributed by atoms with Crippen LogP contribution < -0.4 is 4.90 Å². The Kier molecular flexibility index (Phi) is 3.27. The van der Waals surface area contributed by atoms with Crippen LogP contribution in [0.3, 0.4) is 0 Å². The Bertz CT molecular complexity index is 631. The van der Waals surface area contributed by atoms with Gasteiger partial charge in [0.15, 0.2) is 11.5 Å². The normalized spacial score (nSPS) is 16.9. The zero-order valence-corrected chi connectivity index (χ0v) is 12.1. The minimum Gasteiger partial charge on any atom is -0.383 e. The summed E-state index contributed by atoms with van der Waals surface area (Å²) in [7, 11) is 0. The molecule has 0 saturated carbocycles. The number of fused-ring (bicyclic) bond motifs is 1. The molecule has 108 valence electrons. The molecule has 0 radical (unpaired) electrons. The summed E-state index contributed by atoms with van der Waals surface area (Å²) in [6.45, 7) is 6.09. The number of nitrogens with zero attached hydrogens (tertiary/aromatic N) is 4. The number of aliphatic hydroxyl groups is 1. The predicted octanol–water partition coefficient (Wildman–Crippen LogP) is 1.07. The lowest BCUT2D eigenvalue weighted by atomic mass is 10.1. The van der Waals surface area contributed by atoms with E-state index in [0.717, 1.165) is 13.1 Å². The summed E-state index contributed by atoms with van der Waals surface area (Å²) < 4.78 is 5.34. The van der Waals surface area contributed by atoms with Gasteiger partial charge in [-0.3, -0.25) is 0 Å². The average molecular weight is 298 g/mol. The molecule has 2 N–H and O–H groups in total. The topological polar surface area (TPSA) is 87.2 Å². The first-order valence-corrected chi connectivity index (χ1v) is 6.82. The van der Waals surface area contributed by atoms with Gasteiger partial charge in [0.05, 0.1) is 13.2 Å². The number of aromatic nitrogens is 4.